The standard InChI is InChI=1S/C19H28FN3O3/c1-3-21-11-8-18(15(21)25)13-23(14(2)24)12-17(18)6-9-22(10-7-17)16(26)19(20)4-5-19/h3-13H2,1-2H3. The highest BCUT2D eigenvalue weighted by Gasteiger charge is 2.66. The molecule has 6 nitrogen and oxygen atoms in total. The van der Waals surface area contributed by atoms with E-state index in [0.717, 1.165) is 13.0 Å². The highest BCUT2D eigenvalue weighted by Crippen LogP contribution is 2.58. The Morgan fingerprint density at radius 3 is 2.15 bits per heavy atom. The van der Waals surface area contributed by atoms with E-state index in [4.69, 9.17) is 0 Å². The molecule has 0 N–H and O–H groups in total. The predicted molar refractivity (Wildman–Crippen MR) is 92.9 cm³/mol. The van der Waals surface area contributed by atoms with Gasteiger partial charge in [-0.05, 0) is 39.0 Å². The molecule has 3 aliphatic heterocycles. The Morgan fingerprint density at radius 2 is 1.65 bits per heavy atom. The van der Waals surface area contributed by atoms with Gasteiger partial charge in [-0.15, -0.1) is 0 Å². The molecule has 4 rings (SSSR count). The van der Waals surface area contributed by atoms with Crippen molar-refractivity contribution in [3.8, 4) is 0 Å². The normalized spacial score (nSPS) is 32.0. The monoisotopic (exact) mass is 365 g/mol. The van der Waals surface area contributed by atoms with Crippen LogP contribution in [0.15, 0.2) is 0 Å². The molecule has 0 aromatic carbocycles. The number of halogens is 1. The summed E-state index contributed by atoms with van der Waals surface area (Å²) < 4.78 is 14.2. The molecule has 1 atom stereocenters. The molecular formula is C19H28FN3O3. The minimum Gasteiger partial charge on any atom is -0.342 e. The number of alkyl halides is 1. The number of likely N-dealkylation sites (tertiary alicyclic amines) is 3. The molecule has 4 aliphatic rings. The number of hydrogen-bond donors (Lipinski definition) is 0. The number of fused-ring (bicyclic) bond motifs is 1. The molecule has 3 saturated heterocycles. The van der Waals surface area contributed by atoms with Crippen molar-refractivity contribution in [3.63, 3.8) is 0 Å². The highest BCUT2D eigenvalue weighted by atomic mass is 19.1. The van der Waals surface area contributed by atoms with Gasteiger partial charge in [0.05, 0.1) is 5.41 Å². The van der Waals surface area contributed by atoms with Gasteiger partial charge in [0.25, 0.3) is 5.91 Å². The lowest BCUT2D eigenvalue weighted by Gasteiger charge is -2.46. The summed E-state index contributed by atoms with van der Waals surface area (Å²) in [4.78, 5) is 43.0. The zero-order valence-corrected chi connectivity index (χ0v) is 15.7. The summed E-state index contributed by atoms with van der Waals surface area (Å²) in [6.45, 7) is 6.99. The third-order valence-electron chi connectivity index (χ3n) is 7.38. The van der Waals surface area contributed by atoms with E-state index in [1.165, 1.54) is 0 Å². The SMILES string of the molecule is CCN1CCC2(CN(C(C)=O)CC23CCN(C(=O)C2(F)CC2)CC3)C1=O. The Bertz CT molecular complexity index is 654. The van der Waals surface area contributed by atoms with Crippen molar-refractivity contribution in [1.82, 2.24) is 14.7 Å². The van der Waals surface area contributed by atoms with Crippen LogP contribution in [0.4, 0.5) is 4.39 Å². The third-order valence-corrected chi connectivity index (χ3v) is 7.38. The fourth-order valence-corrected chi connectivity index (χ4v) is 5.45. The molecule has 3 heterocycles. The van der Waals surface area contributed by atoms with E-state index in [1.807, 2.05) is 16.7 Å². The van der Waals surface area contributed by atoms with Crippen LogP contribution < -0.4 is 0 Å². The third kappa shape index (κ3) is 2.31. The second kappa shape index (κ2) is 5.67. The van der Waals surface area contributed by atoms with Gasteiger partial charge in [0.15, 0.2) is 5.67 Å². The van der Waals surface area contributed by atoms with Crippen molar-refractivity contribution >= 4 is 17.7 Å². The topological polar surface area (TPSA) is 60.9 Å². The van der Waals surface area contributed by atoms with Crippen LogP contribution in [0, 0.1) is 10.8 Å². The lowest BCUT2D eigenvalue weighted by Crippen LogP contribution is -2.54. The second-order valence-electron chi connectivity index (χ2n) is 8.63. The van der Waals surface area contributed by atoms with Crippen molar-refractivity contribution in [2.24, 2.45) is 10.8 Å². The lowest BCUT2D eigenvalue weighted by atomic mass is 9.60. The second-order valence-corrected chi connectivity index (χ2v) is 8.63. The van der Waals surface area contributed by atoms with E-state index in [-0.39, 0.29) is 23.1 Å². The smallest absolute Gasteiger partial charge is 0.260 e. The Hall–Kier alpha value is -1.66. The first kappa shape index (κ1) is 17.7. The summed E-state index contributed by atoms with van der Waals surface area (Å²) in [7, 11) is 0. The Labute approximate surface area is 153 Å². The first-order valence-electron chi connectivity index (χ1n) is 9.80. The van der Waals surface area contributed by atoms with Gasteiger partial charge in [-0.25, -0.2) is 4.39 Å². The summed E-state index contributed by atoms with van der Waals surface area (Å²) >= 11 is 0. The molecule has 4 fully saturated rings. The van der Waals surface area contributed by atoms with Crippen LogP contribution in [0.25, 0.3) is 0 Å². The summed E-state index contributed by atoms with van der Waals surface area (Å²) in [5, 5.41) is 0. The van der Waals surface area contributed by atoms with Gasteiger partial charge in [-0.1, -0.05) is 0 Å². The van der Waals surface area contributed by atoms with Crippen molar-refractivity contribution in [2.45, 2.75) is 51.6 Å². The van der Waals surface area contributed by atoms with Gasteiger partial charge in [0, 0.05) is 51.6 Å². The van der Waals surface area contributed by atoms with E-state index in [2.05, 4.69) is 0 Å². The van der Waals surface area contributed by atoms with Crippen LogP contribution in [-0.4, -0.2) is 77.4 Å². The highest BCUT2D eigenvalue weighted by molar-refractivity contribution is 5.89. The zero-order chi connectivity index (χ0) is 18.7. The van der Waals surface area contributed by atoms with Gasteiger partial charge in [0.2, 0.25) is 11.8 Å². The van der Waals surface area contributed by atoms with Crippen molar-refractivity contribution < 1.29 is 18.8 Å². The van der Waals surface area contributed by atoms with E-state index in [0.29, 0.717) is 58.4 Å². The molecule has 1 aliphatic carbocycles. The maximum atomic E-state index is 14.2. The molecule has 3 amide bonds. The molecule has 0 aromatic rings. The largest absolute Gasteiger partial charge is 0.342 e. The van der Waals surface area contributed by atoms with Gasteiger partial charge in [0.1, 0.15) is 0 Å². The van der Waals surface area contributed by atoms with Crippen LogP contribution in [0.5, 0.6) is 0 Å². The van der Waals surface area contributed by atoms with Gasteiger partial charge >= 0.3 is 0 Å². The van der Waals surface area contributed by atoms with Crippen LogP contribution >= 0.6 is 0 Å². The average Bonchev–Trinajstić information content (AvgIpc) is 3.18. The quantitative estimate of drug-likeness (QED) is 0.739. The summed E-state index contributed by atoms with van der Waals surface area (Å²) in [6, 6.07) is 0. The fourth-order valence-electron chi connectivity index (χ4n) is 5.45. The molecular weight excluding hydrogens is 337 g/mol. The maximum Gasteiger partial charge on any atom is 0.260 e. The van der Waals surface area contributed by atoms with Crippen molar-refractivity contribution in [2.75, 3.05) is 39.3 Å². The average molecular weight is 365 g/mol. The minimum atomic E-state index is -1.63. The number of amides is 3. The van der Waals surface area contributed by atoms with Gasteiger partial charge < -0.3 is 14.7 Å². The van der Waals surface area contributed by atoms with Crippen LogP contribution in [0.2, 0.25) is 0 Å². The molecule has 1 saturated carbocycles. The Morgan fingerprint density at radius 1 is 1.00 bits per heavy atom. The van der Waals surface area contributed by atoms with Crippen LogP contribution in [0.1, 0.15) is 46.0 Å². The lowest BCUT2D eigenvalue weighted by molar-refractivity contribution is -0.146. The molecule has 2 spiro atoms. The molecule has 7 heteroatoms. The zero-order valence-electron chi connectivity index (χ0n) is 15.7. The van der Waals surface area contributed by atoms with E-state index >= 15 is 0 Å². The van der Waals surface area contributed by atoms with E-state index in [9.17, 15) is 18.8 Å². The molecule has 26 heavy (non-hydrogen) atoms. The summed E-state index contributed by atoms with van der Waals surface area (Å²) in [5.41, 5.74) is -2.45. The number of carbonyl (C=O) groups is 3. The van der Waals surface area contributed by atoms with Gasteiger partial charge in [-0.2, -0.15) is 0 Å². The van der Waals surface area contributed by atoms with Crippen molar-refractivity contribution in [3.05, 3.63) is 0 Å². The van der Waals surface area contributed by atoms with Crippen LogP contribution in [0.3, 0.4) is 0 Å². The molecule has 0 bridgehead atoms. The molecule has 1 unspecified atom stereocenters. The van der Waals surface area contributed by atoms with E-state index < -0.39 is 11.1 Å². The van der Waals surface area contributed by atoms with Crippen LogP contribution in [-0.2, 0) is 14.4 Å². The molecule has 0 aromatic heterocycles. The minimum absolute atomic E-state index is 0.00296. The molecule has 0 radical (unpaired) electrons. The fraction of sp³-hybridized carbons (Fsp3) is 0.842. The predicted octanol–water partition coefficient (Wildman–Crippen LogP) is 1.20. The summed E-state index contributed by atoms with van der Waals surface area (Å²) in [6.07, 6.45) is 2.77. The Kier molecular flexibility index (Phi) is 3.87. The van der Waals surface area contributed by atoms with Crippen molar-refractivity contribution in [1.29, 1.82) is 0 Å². The first-order chi connectivity index (χ1) is 12.3. The Balaban J connectivity index is 1.58. The number of rotatable bonds is 2. The number of piperidine rings is 1. The first-order valence-corrected chi connectivity index (χ1v) is 9.80. The summed E-state index contributed by atoms with van der Waals surface area (Å²) in [5.74, 6) is -0.216. The van der Waals surface area contributed by atoms with Gasteiger partial charge in [-0.3, -0.25) is 14.4 Å². The molecule has 144 valence electrons. The number of carbonyl (C=O) groups excluding carboxylic acids is 3. The number of hydrogen-bond acceptors (Lipinski definition) is 3. The maximum absolute atomic E-state index is 14.2. The van der Waals surface area contributed by atoms with E-state index in [1.54, 1.807) is 11.8 Å². The number of nitrogens with zero attached hydrogens (tertiary/aromatic N) is 3.